The number of carbonyl (C=O) groups is 1. The molecule has 0 fully saturated rings. The van der Waals surface area contributed by atoms with Gasteiger partial charge in [0, 0.05) is 18.8 Å². The van der Waals surface area contributed by atoms with Crippen LogP contribution in [0.25, 0.3) is 0 Å². The summed E-state index contributed by atoms with van der Waals surface area (Å²) in [5.41, 5.74) is -0.0739. The average Bonchev–Trinajstić information content (AvgIpc) is 2.77. The maximum Gasteiger partial charge on any atom is 0.340 e. The first-order valence-electron chi connectivity index (χ1n) is 5.98. The molecule has 1 aromatic heterocycles. The molecule has 0 radical (unpaired) electrons. The molecule has 0 aliphatic carbocycles. The van der Waals surface area contributed by atoms with E-state index in [4.69, 9.17) is 5.11 Å². The maximum atomic E-state index is 12.4. The largest absolute Gasteiger partial charge is 0.478 e. The molecule has 1 atom stereocenters. The minimum absolute atomic E-state index is 0.223. The number of carboxylic acids is 1. The first kappa shape index (κ1) is 17.0. The van der Waals surface area contributed by atoms with E-state index < -0.39 is 21.0 Å². The van der Waals surface area contributed by atoms with Crippen molar-refractivity contribution in [2.75, 3.05) is 19.1 Å². The molecule has 1 heterocycles. The van der Waals surface area contributed by atoms with Gasteiger partial charge in [-0.25, -0.2) is 13.2 Å². The van der Waals surface area contributed by atoms with Gasteiger partial charge in [0.1, 0.15) is 5.56 Å². The highest BCUT2D eigenvalue weighted by molar-refractivity contribution is 7.98. The predicted molar refractivity (Wildman–Crippen MR) is 77.7 cm³/mol. The second-order valence-electron chi connectivity index (χ2n) is 4.49. The third-order valence-corrected chi connectivity index (χ3v) is 5.66. The van der Waals surface area contributed by atoms with E-state index in [0.717, 1.165) is 5.75 Å². The van der Waals surface area contributed by atoms with E-state index in [2.05, 4.69) is 10.2 Å². The molecule has 0 amide bonds. The van der Waals surface area contributed by atoms with Crippen LogP contribution in [0.5, 0.6) is 0 Å². The molecule has 20 heavy (non-hydrogen) atoms. The molecule has 0 bridgehead atoms. The summed E-state index contributed by atoms with van der Waals surface area (Å²) in [5, 5.41) is 14.8. The number of aromatic amines is 1. The van der Waals surface area contributed by atoms with Gasteiger partial charge in [-0.15, -0.1) is 0 Å². The van der Waals surface area contributed by atoms with Gasteiger partial charge >= 0.3 is 5.97 Å². The summed E-state index contributed by atoms with van der Waals surface area (Å²) in [4.78, 5) is 11.2. The van der Waals surface area contributed by atoms with E-state index >= 15 is 0 Å². The van der Waals surface area contributed by atoms with E-state index in [-0.39, 0.29) is 17.3 Å². The van der Waals surface area contributed by atoms with Crippen LogP contribution in [0.4, 0.5) is 0 Å². The number of rotatable bonds is 7. The van der Waals surface area contributed by atoms with Crippen molar-refractivity contribution >= 4 is 27.8 Å². The number of aromatic nitrogens is 2. The lowest BCUT2D eigenvalue weighted by Crippen LogP contribution is -2.36. The monoisotopic (exact) mass is 321 g/mol. The summed E-state index contributed by atoms with van der Waals surface area (Å²) in [6.07, 6.45) is 2.63. The van der Waals surface area contributed by atoms with Gasteiger partial charge in [-0.1, -0.05) is 0 Å². The lowest BCUT2D eigenvalue weighted by molar-refractivity contribution is 0.0691. The normalized spacial score (nSPS) is 13.7. The van der Waals surface area contributed by atoms with Crippen LogP contribution in [-0.2, 0) is 10.0 Å². The van der Waals surface area contributed by atoms with Crippen molar-refractivity contribution in [3.05, 3.63) is 11.3 Å². The van der Waals surface area contributed by atoms with Gasteiger partial charge in [0.2, 0.25) is 5.03 Å². The van der Waals surface area contributed by atoms with Crippen molar-refractivity contribution in [3.8, 4) is 0 Å². The quantitative estimate of drug-likeness (QED) is 0.781. The standard InChI is InChI=1S/C11H19N3O4S2/c1-7(5-6-19-4)14(3)20(17,18)10-9(11(15)16)8(2)12-13-10/h7H,5-6H2,1-4H3,(H,12,13)(H,15,16). The molecule has 7 nitrogen and oxygen atoms in total. The summed E-state index contributed by atoms with van der Waals surface area (Å²) in [7, 11) is -2.48. The number of aryl methyl sites for hydroxylation is 1. The first-order chi connectivity index (χ1) is 9.23. The average molecular weight is 321 g/mol. The Labute approximate surface area is 122 Å². The van der Waals surface area contributed by atoms with Crippen molar-refractivity contribution < 1.29 is 18.3 Å². The minimum atomic E-state index is -3.92. The van der Waals surface area contributed by atoms with Crippen LogP contribution in [0.2, 0.25) is 0 Å². The summed E-state index contributed by atoms with van der Waals surface area (Å²) in [6, 6.07) is -0.230. The molecule has 0 saturated heterocycles. The fourth-order valence-corrected chi connectivity index (χ4v) is 3.78. The summed E-state index contributed by atoms with van der Waals surface area (Å²) in [6.45, 7) is 3.26. The topological polar surface area (TPSA) is 103 Å². The Morgan fingerprint density at radius 2 is 2.15 bits per heavy atom. The van der Waals surface area contributed by atoms with Crippen LogP contribution in [0.3, 0.4) is 0 Å². The molecule has 114 valence electrons. The Kier molecular flexibility index (Phi) is 5.60. The van der Waals surface area contributed by atoms with Gasteiger partial charge in [-0.2, -0.15) is 21.2 Å². The van der Waals surface area contributed by atoms with Crippen LogP contribution in [0, 0.1) is 6.92 Å². The van der Waals surface area contributed by atoms with Crippen LogP contribution < -0.4 is 0 Å². The zero-order chi connectivity index (χ0) is 15.5. The predicted octanol–water partition coefficient (Wildman–Crippen LogP) is 1.18. The summed E-state index contributed by atoms with van der Waals surface area (Å²) >= 11 is 1.63. The van der Waals surface area contributed by atoms with Crippen LogP contribution in [0.1, 0.15) is 29.4 Å². The fraction of sp³-hybridized carbons (Fsp3) is 0.636. The Morgan fingerprint density at radius 3 is 2.65 bits per heavy atom. The van der Waals surface area contributed by atoms with Crippen molar-refractivity contribution in [2.24, 2.45) is 0 Å². The summed E-state index contributed by atoms with van der Waals surface area (Å²) < 4.78 is 26.1. The molecule has 2 N–H and O–H groups in total. The van der Waals surface area contributed by atoms with E-state index in [1.165, 1.54) is 18.3 Å². The highest BCUT2D eigenvalue weighted by atomic mass is 32.2. The number of aromatic carboxylic acids is 1. The van der Waals surface area contributed by atoms with E-state index in [0.29, 0.717) is 6.42 Å². The lowest BCUT2D eigenvalue weighted by Gasteiger charge is -2.23. The SMILES string of the molecule is CSCCC(C)N(C)S(=O)(=O)c1n[nH]c(C)c1C(=O)O. The van der Waals surface area contributed by atoms with Gasteiger partial charge in [-0.3, -0.25) is 5.10 Å². The third kappa shape index (κ3) is 3.33. The van der Waals surface area contributed by atoms with Crippen molar-refractivity contribution in [1.29, 1.82) is 0 Å². The molecule has 1 aromatic rings. The second kappa shape index (κ2) is 6.59. The molecule has 0 saturated carbocycles. The molecular formula is C11H19N3O4S2. The molecule has 1 unspecified atom stereocenters. The van der Waals surface area contributed by atoms with Crippen molar-refractivity contribution in [2.45, 2.75) is 31.3 Å². The van der Waals surface area contributed by atoms with Gasteiger partial charge in [0.15, 0.2) is 0 Å². The Bertz CT molecular complexity index is 582. The zero-order valence-corrected chi connectivity index (χ0v) is 13.5. The Morgan fingerprint density at radius 1 is 1.55 bits per heavy atom. The highest BCUT2D eigenvalue weighted by Gasteiger charge is 2.33. The molecule has 0 aromatic carbocycles. The summed E-state index contributed by atoms with van der Waals surface area (Å²) in [5.74, 6) is -0.480. The molecule has 1 rings (SSSR count). The van der Waals surface area contributed by atoms with E-state index in [9.17, 15) is 13.2 Å². The van der Waals surface area contributed by atoms with Gasteiger partial charge in [-0.05, 0) is 32.3 Å². The Hall–Kier alpha value is -1.06. The molecule has 9 heteroatoms. The number of nitrogens with one attached hydrogen (secondary N) is 1. The smallest absolute Gasteiger partial charge is 0.340 e. The van der Waals surface area contributed by atoms with Gasteiger partial charge in [0.05, 0.1) is 0 Å². The number of nitrogens with zero attached hydrogens (tertiary/aromatic N) is 2. The fourth-order valence-electron chi connectivity index (χ4n) is 1.69. The molecule has 0 aliphatic heterocycles. The second-order valence-corrected chi connectivity index (χ2v) is 7.38. The lowest BCUT2D eigenvalue weighted by atomic mass is 10.3. The zero-order valence-electron chi connectivity index (χ0n) is 11.9. The number of sulfonamides is 1. The maximum absolute atomic E-state index is 12.4. The number of hydrogen-bond donors (Lipinski definition) is 2. The van der Waals surface area contributed by atoms with Crippen molar-refractivity contribution in [1.82, 2.24) is 14.5 Å². The van der Waals surface area contributed by atoms with Crippen molar-refractivity contribution in [3.63, 3.8) is 0 Å². The number of thioether (sulfide) groups is 1. The minimum Gasteiger partial charge on any atom is -0.478 e. The van der Waals surface area contributed by atoms with Crippen LogP contribution in [-0.4, -0.2) is 59.1 Å². The first-order valence-corrected chi connectivity index (χ1v) is 8.82. The highest BCUT2D eigenvalue weighted by Crippen LogP contribution is 2.22. The van der Waals surface area contributed by atoms with Gasteiger partial charge < -0.3 is 5.11 Å². The van der Waals surface area contributed by atoms with Gasteiger partial charge in [0.25, 0.3) is 10.0 Å². The van der Waals surface area contributed by atoms with Crippen LogP contribution >= 0.6 is 11.8 Å². The van der Waals surface area contributed by atoms with E-state index in [1.54, 1.807) is 18.7 Å². The molecule has 0 spiro atoms. The number of hydrogen-bond acceptors (Lipinski definition) is 5. The molecule has 0 aliphatic rings. The third-order valence-electron chi connectivity index (χ3n) is 3.11. The number of H-pyrrole nitrogens is 1. The number of carboxylic acid groups (broad SMARTS) is 1. The van der Waals surface area contributed by atoms with Crippen LogP contribution in [0.15, 0.2) is 5.03 Å². The van der Waals surface area contributed by atoms with E-state index in [1.807, 2.05) is 6.26 Å². The Balaban J connectivity index is 3.14. The molecular weight excluding hydrogens is 302 g/mol.